The summed E-state index contributed by atoms with van der Waals surface area (Å²) in [6, 6.07) is 4.56. The zero-order chi connectivity index (χ0) is 29.3. The first-order valence-electron chi connectivity index (χ1n) is 14.5. The van der Waals surface area contributed by atoms with Gasteiger partial charge in [0, 0.05) is 32.1 Å². The number of aromatic nitrogens is 2. The van der Waals surface area contributed by atoms with Crippen LogP contribution >= 0.6 is 0 Å². The fourth-order valence-electron chi connectivity index (χ4n) is 6.48. The van der Waals surface area contributed by atoms with Gasteiger partial charge in [-0.15, -0.1) is 0 Å². The largest absolute Gasteiger partial charge is 0.357 e. The van der Waals surface area contributed by atoms with E-state index in [0.29, 0.717) is 30.8 Å². The van der Waals surface area contributed by atoms with Crippen molar-refractivity contribution >= 4 is 29.4 Å². The van der Waals surface area contributed by atoms with E-state index < -0.39 is 17.5 Å². The Labute approximate surface area is 239 Å². The highest BCUT2D eigenvalue weighted by Gasteiger charge is 2.53. The number of likely N-dealkylation sites (N-methyl/N-ethyl adjacent to an activating group) is 1. The maximum atomic E-state index is 13.6. The number of rotatable bonds is 8. The molecule has 220 valence electrons. The Morgan fingerprint density at radius 3 is 2.46 bits per heavy atom. The Bertz CT molecular complexity index is 1330. The van der Waals surface area contributed by atoms with Gasteiger partial charge in [-0.25, -0.2) is 9.42 Å². The highest BCUT2D eigenvalue weighted by Crippen LogP contribution is 2.38. The molecule has 1 saturated heterocycles. The highest BCUT2D eigenvalue weighted by atomic mass is 16.6. The molecule has 2 aromatic rings. The van der Waals surface area contributed by atoms with Crippen molar-refractivity contribution in [3.63, 3.8) is 0 Å². The first-order valence-corrected chi connectivity index (χ1v) is 14.5. The number of nitrogens with one attached hydrogen (secondary N) is 4. The maximum absolute atomic E-state index is 13.6. The van der Waals surface area contributed by atoms with Crippen LogP contribution in [0.3, 0.4) is 0 Å². The molecule has 12 nitrogen and oxygen atoms in total. The second-order valence-corrected chi connectivity index (χ2v) is 11.9. The van der Waals surface area contributed by atoms with Gasteiger partial charge in [-0.2, -0.15) is 0 Å². The summed E-state index contributed by atoms with van der Waals surface area (Å²) in [5, 5.41) is 19.0. The molecule has 0 radical (unpaired) electrons. The molecule has 2 heterocycles. The lowest BCUT2D eigenvalue weighted by molar-refractivity contribution is -0.130. The Hall–Kier alpha value is -3.96. The number of hydrogen-bond donors (Lipinski definition) is 4. The normalized spacial score (nSPS) is 23.2. The second kappa shape index (κ2) is 11.5. The van der Waals surface area contributed by atoms with E-state index in [2.05, 4.69) is 36.2 Å². The predicted octanol–water partition coefficient (Wildman–Crippen LogP) is 2.33. The number of aryl methyl sites for hydroxylation is 1. The van der Waals surface area contributed by atoms with Gasteiger partial charge in [0.2, 0.25) is 11.8 Å². The van der Waals surface area contributed by atoms with Crippen LogP contribution in [0.2, 0.25) is 0 Å². The molecule has 1 aromatic heterocycles. The van der Waals surface area contributed by atoms with Crippen molar-refractivity contribution in [2.24, 2.45) is 11.8 Å². The molecule has 2 fully saturated rings. The lowest BCUT2D eigenvalue weighted by Crippen LogP contribution is -2.60. The number of amides is 5. The predicted molar refractivity (Wildman–Crippen MR) is 150 cm³/mol. The second-order valence-electron chi connectivity index (χ2n) is 11.9. The van der Waals surface area contributed by atoms with Crippen molar-refractivity contribution in [3.8, 4) is 0 Å². The molecular weight excluding hydrogens is 526 g/mol. The van der Waals surface area contributed by atoms with Crippen LogP contribution < -0.4 is 21.3 Å². The summed E-state index contributed by atoms with van der Waals surface area (Å²) >= 11 is 0. The highest BCUT2D eigenvalue weighted by molar-refractivity contribution is 6.01. The van der Waals surface area contributed by atoms with Gasteiger partial charge in [-0.1, -0.05) is 44.3 Å². The van der Waals surface area contributed by atoms with Crippen LogP contribution in [-0.4, -0.2) is 70.2 Å². The zero-order valence-corrected chi connectivity index (χ0v) is 24.1. The number of nitrogens with zero attached hydrogens (tertiary/aromatic N) is 3. The van der Waals surface area contributed by atoms with Gasteiger partial charge in [-0.05, 0) is 60.0 Å². The molecule has 41 heavy (non-hydrogen) atoms. The Morgan fingerprint density at radius 1 is 1.10 bits per heavy atom. The third-order valence-electron chi connectivity index (χ3n) is 8.90. The molecule has 5 amide bonds. The Morgan fingerprint density at radius 2 is 1.83 bits per heavy atom. The average molecular weight is 566 g/mol. The summed E-state index contributed by atoms with van der Waals surface area (Å²) in [6.07, 6.45) is 5.50. The Kier molecular flexibility index (Phi) is 8.01. The lowest BCUT2D eigenvalue weighted by Gasteiger charge is -2.36. The van der Waals surface area contributed by atoms with Crippen molar-refractivity contribution in [1.29, 1.82) is 0 Å². The van der Waals surface area contributed by atoms with Crippen molar-refractivity contribution < 1.29 is 23.8 Å². The number of fused-ring (bicyclic) bond motifs is 1. The molecule has 3 atom stereocenters. The molecular formula is C29H39N7O5. The average Bonchev–Trinajstić information content (AvgIpc) is 3.68. The first-order chi connectivity index (χ1) is 19.6. The number of hydrogen-bond acceptors (Lipinski definition) is 7. The maximum Gasteiger partial charge on any atom is 0.318 e. The molecule has 12 heteroatoms. The minimum absolute atomic E-state index is 0.00854. The van der Waals surface area contributed by atoms with Gasteiger partial charge < -0.3 is 26.2 Å². The van der Waals surface area contributed by atoms with Crippen LogP contribution in [0.15, 0.2) is 22.8 Å². The number of benzene rings is 1. The number of anilines is 1. The van der Waals surface area contributed by atoms with Gasteiger partial charge in [0.25, 0.3) is 5.91 Å². The van der Waals surface area contributed by atoms with Crippen molar-refractivity contribution in [3.05, 3.63) is 40.7 Å². The molecule has 0 bridgehead atoms. The molecule has 3 aliphatic rings. The van der Waals surface area contributed by atoms with E-state index in [9.17, 15) is 19.2 Å². The van der Waals surface area contributed by atoms with Crippen LogP contribution in [0.4, 0.5) is 10.5 Å². The summed E-state index contributed by atoms with van der Waals surface area (Å²) in [4.78, 5) is 54.6. The summed E-state index contributed by atoms with van der Waals surface area (Å²) in [7, 11) is 1.59. The minimum Gasteiger partial charge on any atom is -0.357 e. The number of urea groups is 1. The monoisotopic (exact) mass is 565 g/mol. The van der Waals surface area contributed by atoms with Crippen LogP contribution in [0.5, 0.6) is 0 Å². The van der Waals surface area contributed by atoms with E-state index in [-0.39, 0.29) is 41.4 Å². The molecule has 1 aromatic carbocycles. The van der Waals surface area contributed by atoms with Gasteiger partial charge in [0.05, 0.1) is 6.04 Å². The van der Waals surface area contributed by atoms with Crippen LogP contribution in [0.25, 0.3) is 0 Å². The molecule has 1 aliphatic heterocycles. The van der Waals surface area contributed by atoms with Crippen LogP contribution in [0, 0.1) is 18.8 Å². The smallest absolute Gasteiger partial charge is 0.318 e. The van der Waals surface area contributed by atoms with E-state index in [1.807, 2.05) is 32.0 Å². The summed E-state index contributed by atoms with van der Waals surface area (Å²) < 4.78 is 4.68. The van der Waals surface area contributed by atoms with Crippen molar-refractivity contribution in [1.82, 2.24) is 31.2 Å². The van der Waals surface area contributed by atoms with E-state index in [4.69, 9.17) is 0 Å². The van der Waals surface area contributed by atoms with E-state index >= 15 is 0 Å². The number of carbonyl (C=O) groups is 4. The molecule has 2 aliphatic carbocycles. The zero-order valence-electron chi connectivity index (χ0n) is 24.1. The molecule has 4 N–H and O–H groups in total. The fourth-order valence-corrected chi connectivity index (χ4v) is 6.48. The van der Waals surface area contributed by atoms with Gasteiger partial charge >= 0.3 is 6.03 Å². The summed E-state index contributed by atoms with van der Waals surface area (Å²) in [5.74, 6) is -0.795. The topological polar surface area (TPSA) is 159 Å². The van der Waals surface area contributed by atoms with E-state index in [1.165, 1.54) is 0 Å². The third-order valence-corrected chi connectivity index (χ3v) is 8.90. The fraction of sp³-hybridized carbons (Fsp3) is 0.586. The molecule has 1 saturated carbocycles. The van der Waals surface area contributed by atoms with E-state index in [0.717, 1.165) is 43.2 Å². The number of carbonyl (C=O) groups excluding carboxylic acids is 4. The van der Waals surface area contributed by atoms with Crippen LogP contribution in [0.1, 0.15) is 73.3 Å². The van der Waals surface area contributed by atoms with Crippen molar-refractivity contribution in [2.45, 2.75) is 83.3 Å². The van der Waals surface area contributed by atoms with Gasteiger partial charge in [0.15, 0.2) is 5.69 Å². The lowest BCUT2D eigenvalue weighted by atomic mass is 9.83. The Balaban J connectivity index is 1.36. The van der Waals surface area contributed by atoms with Gasteiger partial charge in [-0.3, -0.25) is 14.4 Å². The summed E-state index contributed by atoms with van der Waals surface area (Å²) in [5.41, 5.74) is 1.80. The standard InChI is InChI=1S/C29H39N7O5/c1-16(2)22-15-36(28(40)32-22)29(27(39)30-4)13-19-10-11-21(12-20(19)14-29)31-26(38)24(18-8-6-5-7-9-18)33-25(37)23-17(3)34-41-35-23/h10-12,16,18,22,24H,5-9,13-15H2,1-4H3,(H,30,39)(H,31,38)(H,32,40)(H,33,37)/t22?,24-,29?/m0/s1. The summed E-state index contributed by atoms with van der Waals surface area (Å²) in [6.45, 7) is 6.17. The van der Waals surface area contributed by atoms with E-state index in [1.54, 1.807) is 18.9 Å². The molecule has 5 rings (SSSR count). The quantitative estimate of drug-likeness (QED) is 0.382. The van der Waals surface area contributed by atoms with Crippen LogP contribution in [-0.2, 0) is 22.4 Å². The SMILES string of the molecule is CNC(=O)C1(N2CC(C(C)C)NC2=O)Cc2ccc(NC(=O)[C@@H](NC(=O)c3nonc3C)C3CCCCC3)cc2C1. The molecule has 2 unspecified atom stereocenters. The van der Waals surface area contributed by atoms with Gasteiger partial charge in [0.1, 0.15) is 17.3 Å². The minimum atomic E-state index is -1.05. The first kappa shape index (κ1) is 28.6. The molecule has 0 spiro atoms. The third kappa shape index (κ3) is 5.51. The van der Waals surface area contributed by atoms with Crippen molar-refractivity contribution in [2.75, 3.05) is 18.9 Å².